The van der Waals surface area contributed by atoms with Crippen molar-refractivity contribution in [2.45, 2.75) is 39.8 Å². The molecule has 3 rings (SSSR count). The first-order chi connectivity index (χ1) is 13.4. The lowest BCUT2D eigenvalue weighted by molar-refractivity contribution is -0.117. The van der Waals surface area contributed by atoms with Crippen LogP contribution in [0.5, 0.6) is 0 Å². The normalized spacial score (nSPS) is 12.0. The van der Waals surface area contributed by atoms with E-state index >= 15 is 0 Å². The summed E-state index contributed by atoms with van der Waals surface area (Å²) in [5, 5.41) is 4.13. The fourth-order valence-corrected chi connectivity index (χ4v) is 3.49. The molecule has 0 fully saturated rings. The van der Waals surface area contributed by atoms with Crippen LogP contribution in [0.4, 0.5) is 0 Å². The highest BCUT2D eigenvalue weighted by Gasteiger charge is 2.20. The molecule has 0 aliphatic rings. The fourth-order valence-electron chi connectivity index (χ4n) is 3.17. The summed E-state index contributed by atoms with van der Waals surface area (Å²) >= 11 is 12.3. The Balaban J connectivity index is 2.03. The first-order valence-electron chi connectivity index (χ1n) is 9.23. The highest BCUT2D eigenvalue weighted by Crippen LogP contribution is 2.27. The van der Waals surface area contributed by atoms with Gasteiger partial charge in [0.1, 0.15) is 5.82 Å². The number of benzene rings is 2. The molecule has 1 amide bonds. The molecule has 0 aliphatic heterocycles. The molecule has 4 nitrogen and oxygen atoms in total. The molecule has 2 aromatic carbocycles. The van der Waals surface area contributed by atoms with Gasteiger partial charge in [-0.25, -0.2) is 4.98 Å². The number of rotatable bonds is 6. The summed E-state index contributed by atoms with van der Waals surface area (Å²) in [5.74, 6) is 0.713. The van der Waals surface area contributed by atoms with Crippen LogP contribution in [-0.2, 0) is 11.3 Å². The number of fused-ring (bicyclic) bond motifs is 1. The molecule has 1 aromatic heterocycles. The van der Waals surface area contributed by atoms with E-state index in [4.69, 9.17) is 28.2 Å². The van der Waals surface area contributed by atoms with Crippen LogP contribution < -0.4 is 5.32 Å². The molecule has 1 N–H and O–H groups in total. The summed E-state index contributed by atoms with van der Waals surface area (Å²) in [4.78, 5) is 17.1. The van der Waals surface area contributed by atoms with Crippen LogP contribution in [0.2, 0.25) is 10.0 Å². The molecular formula is C22H23Cl2N3O. The number of halogens is 2. The Hall–Kier alpha value is -2.30. The number of amides is 1. The number of hydrogen-bond acceptors (Lipinski definition) is 2. The number of aromatic nitrogens is 2. The predicted molar refractivity (Wildman–Crippen MR) is 116 cm³/mol. The zero-order valence-corrected chi connectivity index (χ0v) is 17.7. The maximum Gasteiger partial charge on any atom is 0.244 e. The van der Waals surface area contributed by atoms with E-state index in [-0.39, 0.29) is 11.9 Å². The zero-order chi connectivity index (χ0) is 20.3. The second kappa shape index (κ2) is 8.80. The van der Waals surface area contributed by atoms with Crippen LogP contribution in [0.3, 0.4) is 0 Å². The third-order valence-corrected chi connectivity index (χ3v) is 5.20. The van der Waals surface area contributed by atoms with E-state index < -0.39 is 0 Å². The van der Waals surface area contributed by atoms with Crippen LogP contribution in [0, 0.1) is 0 Å². The van der Waals surface area contributed by atoms with Gasteiger partial charge < -0.3 is 9.88 Å². The summed E-state index contributed by atoms with van der Waals surface area (Å²) < 4.78 is 2.13. The molecule has 0 aliphatic carbocycles. The summed E-state index contributed by atoms with van der Waals surface area (Å²) in [5.41, 5.74) is 3.88. The van der Waals surface area contributed by atoms with Gasteiger partial charge in [-0.3, -0.25) is 4.79 Å². The largest absolute Gasteiger partial charge is 0.343 e. The van der Waals surface area contributed by atoms with Gasteiger partial charge in [0, 0.05) is 12.6 Å². The SMILES string of the molecule is CCC(NC(=O)C=C(C)C)c1nc2ccccc2n1Cc1ccc(Cl)c(Cl)c1. The van der Waals surface area contributed by atoms with Gasteiger partial charge >= 0.3 is 0 Å². The van der Waals surface area contributed by atoms with Gasteiger partial charge in [0.2, 0.25) is 5.91 Å². The second-order valence-corrected chi connectivity index (χ2v) is 7.80. The van der Waals surface area contributed by atoms with Gasteiger partial charge in [-0.15, -0.1) is 0 Å². The number of carbonyl (C=O) groups is 1. The lowest BCUT2D eigenvalue weighted by Crippen LogP contribution is -2.29. The van der Waals surface area contributed by atoms with E-state index in [1.165, 1.54) is 0 Å². The summed E-state index contributed by atoms with van der Waals surface area (Å²) in [7, 11) is 0. The van der Waals surface area contributed by atoms with Crippen molar-refractivity contribution in [1.82, 2.24) is 14.9 Å². The van der Waals surface area contributed by atoms with Crippen LogP contribution in [0.25, 0.3) is 11.0 Å². The highest BCUT2D eigenvalue weighted by atomic mass is 35.5. The van der Waals surface area contributed by atoms with E-state index in [1.807, 2.05) is 57.2 Å². The molecule has 6 heteroatoms. The van der Waals surface area contributed by atoms with Crippen molar-refractivity contribution < 1.29 is 4.79 Å². The summed E-state index contributed by atoms with van der Waals surface area (Å²) in [6, 6.07) is 13.4. The highest BCUT2D eigenvalue weighted by molar-refractivity contribution is 6.42. The smallest absolute Gasteiger partial charge is 0.244 e. The minimum Gasteiger partial charge on any atom is -0.343 e. The van der Waals surface area contributed by atoms with Gasteiger partial charge in [-0.05, 0) is 50.1 Å². The summed E-state index contributed by atoms with van der Waals surface area (Å²) in [6.07, 6.45) is 2.33. The Labute approximate surface area is 175 Å². The van der Waals surface area contributed by atoms with Gasteiger partial charge in [-0.1, -0.05) is 53.9 Å². The fraction of sp³-hybridized carbons (Fsp3) is 0.273. The van der Waals surface area contributed by atoms with E-state index in [1.54, 1.807) is 12.1 Å². The Kier molecular flexibility index (Phi) is 6.42. The predicted octanol–water partition coefficient (Wildman–Crippen LogP) is 5.92. The van der Waals surface area contributed by atoms with E-state index in [2.05, 4.69) is 9.88 Å². The maximum absolute atomic E-state index is 12.3. The van der Waals surface area contributed by atoms with Crippen molar-refractivity contribution in [2.24, 2.45) is 0 Å². The molecule has 0 saturated heterocycles. The van der Waals surface area contributed by atoms with E-state index in [0.29, 0.717) is 16.6 Å². The number of nitrogens with one attached hydrogen (secondary N) is 1. The number of para-hydroxylation sites is 2. The zero-order valence-electron chi connectivity index (χ0n) is 16.2. The summed E-state index contributed by atoms with van der Waals surface area (Å²) in [6.45, 7) is 6.43. The molecule has 146 valence electrons. The Morgan fingerprint density at radius 1 is 1.18 bits per heavy atom. The lowest BCUT2D eigenvalue weighted by atomic mass is 10.1. The van der Waals surface area contributed by atoms with Crippen molar-refractivity contribution in [2.75, 3.05) is 0 Å². The molecule has 0 saturated carbocycles. The molecule has 0 radical (unpaired) electrons. The van der Waals surface area contributed by atoms with Crippen molar-refractivity contribution >= 4 is 40.1 Å². The third-order valence-electron chi connectivity index (χ3n) is 4.46. The van der Waals surface area contributed by atoms with Gasteiger partial charge in [-0.2, -0.15) is 0 Å². The van der Waals surface area contributed by atoms with Crippen LogP contribution in [0.15, 0.2) is 54.1 Å². The molecule has 1 unspecified atom stereocenters. The first kappa shape index (κ1) is 20.4. The first-order valence-corrected chi connectivity index (χ1v) is 9.99. The van der Waals surface area contributed by atoms with E-state index in [0.717, 1.165) is 34.4 Å². The Morgan fingerprint density at radius 2 is 1.93 bits per heavy atom. The van der Waals surface area contributed by atoms with Crippen molar-refractivity contribution in [3.8, 4) is 0 Å². The molecule has 3 aromatic rings. The number of allylic oxidation sites excluding steroid dienone is 1. The second-order valence-electron chi connectivity index (χ2n) is 6.98. The van der Waals surface area contributed by atoms with Crippen molar-refractivity contribution in [1.29, 1.82) is 0 Å². The molecular weight excluding hydrogens is 393 g/mol. The average Bonchev–Trinajstić information content (AvgIpc) is 3.00. The number of nitrogens with zero attached hydrogens (tertiary/aromatic N) is 2. The van der Waals surface area contributed by atoms with Crippen LogP contribution >= 0.6 is 23.2 Å². The minimum atomic E-state index is -0.196. The van der Waals surface area contributed by atoms with Gasteiger partial charge in [0.15, 0.2) is 0 Å². The maximum atomic E-state index is 12.3. The average molecular weight is 416 g/mol. The Bertz CT molecular complexity index is 1040. The molecule has 0 spiro atoms. The number of hydrogen-bond donors (Lipinski definition) is 1. The van der Waals surface area contributed by atoms with Gasteiger partial charge in [0.05, 0.1) is 27.1 Å². The molecule has 1 atom stereocenters. The topological polar surface area (TPSA) is 46.9 Å². The number of carbonyl (C=O) groups excluding carboxylic acids is 1. The van der Waals surface area contributed by atoms with Gasteiger partial charge in [0.25, 0.3) is 0 Å². The number of imidazole rings is 1. The molecule has 1 heterocycles. The molecule has 0 bridgehead atoms. The van der Waals surface area contributed by atoms with Crippen LogP contribution in [0.1, 0.15) is 44.6 Å². The van der Waals surface area contributed by atoms with E-state index in [9.17, 15) is 4.79 Å². The lowest BCUT2D eigenvalue weighted by Gasteiger charge is -2.18. The minimum absolute atomic E-state index is 0.111. The van der Waals surface area contributed by atoms with Crippen molar-refractivity contribution in [3.05, 3.63) is 75.5 Å². The van der Waals surface area contributed by atoms with Crippen LogP contribution in [-0.4, -0.2) is 15.5 Å². The van der Waals surface area contributed by atoms with Crippen molar-refractivity contribution in [3.63, 3.8) is 0 Å². The third kappa shape index (κ3) is 4.57. The quantitative estimate of drug-likeness (QED) is 0.507. The Morgan fingerprint density at radius 3 is 2.61 bits per heavy atom. The molecule has 28 heavy (non-hydrogen) atoms. The monoisotopic (exact) mass is 415 g/mol. The standard InChI is InChI=1S/C22H23Cl2N3O/c1-4-18(25-21(28)11-14(2)3)22-26-19-7-5-6-8-20(19)27(22)13-15-9-10-16(23)17(24)12-15/h5-12,18H,4,13H2,1-3H3,(H,25,28).